The van der Waals surface area contributed by atoms with Gasteiger partial charge in [0.05, 0.1) is 6.10 Å². The Morgan fingerprint density at radius 1 is 0.903 bits per heavy atom. The van der Waals surface area contributed by atoms with Crippen molar-refractivity contribution in [2.75, 3.05) is 6.61 Å². The summed E-state index contributed by atoms with van der Waals surface area (Å²) in [5.74, 6) is -0.297. The molecule has 2 aromatic carbocycles. The number of ether oxygens (including phenoxy) is 3. The van der Waals surface area contributed by atoms with Crippen LogP contribution in [-0.4, -0.2) is 39.2 Å². The average molecular weight is 441 g/mol. The Labute approximate surface area is 188 Å². The molecule has 2 aromatic rings. The van der Waals surface area contributed by atoms with Crippen molar-refractivity contribution in [3.63, 3.8) is 0 Å². The number of benzene rings is 2. The Balaban J connectivity index is 1.56. The fourth-order valence-electron chi connectivity index (χ4n) is 5.15. The van der Waals surface area contributed by atoms with Gasteiger partial charge in [-0.25, -0.2) is 0 Å². The molecule has 2 saturated heterocycles. The summed E-state index contributed by atoms with van der Waals surface area (Å²) in [6.07, 6.45) is 0.617. The van der Waals surface area contributed by atoms with Gasteiger partial charge in [0.2, 0.25) is 0 Å². The first kappa shape index (κ1) is 22.7. The van der Waals surface area contributed by atoms with E-state index in [0.29, 0.717) is 6.61 Å². The van der Waals surface area contributed by atoms with Crippen LogP contribution in [0, 0.1) is 5.92 Å². The van der Waals surface area contributed by atoms with Gasteiger partial charge in [0.25, 0.3) is 8.32 Å². The van der Waals surface area contributed by atoms with Gasteiger partial charge in [0.15, 0.2) is 12.1 Å². The topological polar surface area (TPSA) is 36.9 Å². The van der Waals surface area contributed by atoms with Crippen molar-refractivity contribution in [3.8, 4) is 0 Å². The Hall–Kier alpha value is -1.50. The Morgan fingerprint density at radius 3 is 1.94 bits per heavy atom. The standard InChI is InChI=1S/C26H36O4Si/c1-19-22(28-24-23(19)29-26(5,6)30-24)17-18-27-31(25(2,3)4,20-13-9-7-10-14-20)21-15-11-8-12-16-21/h7-16,19,22-24H,17-18H2,1-6H3/t19-,22-,23-,24-/m1/s1. The van der Waals surface area contributed by atoms with E-state index in [1.165, 1.54) is 10.4 Å². The van der Waals surface area contributed by atoms with E-state index < -0.39 is 14.1 Å². The second-order valence-electron chi connectivity index (χ2n) is 10.3. The fourth-order valence-corrected chi connectivity index (χ4v) is 9.73. The summed E-state index contributed by atoms with van der Waals surface area (Å²) >= 11 is 0. The van der Waals surface area contributed by atoms with E-state index in [4.69, 9.17) is 18.6 Å². The van der Waals surface area contributed by atoms with Gasteiger partial charge in [0.1, 0.15) is 6.10 Å². The SMILES string of the molecule is C[C@H]1[C@H]2OC(C)(C)O[C@H]2O[C@@H]1CCO[Si](c1ccccc1)(c1ccccc1)C(C)(C)C. The minimum Gasteiger partial charge on any atom is -0.407 e. The lowest BCUT2D eigenvalue weighted by Crippen LogP contribution is -2.66. The number of rotatable bonds is 6. The van der Waals surface area contributed by atoms with Crippen molar-refractivity contribution < 1.29 is 18.6 Å². The third-order valence-corrected chi connectivity index (χ3v) is 11.7. The molecule has 2 aliphatic rings. The van der Waals surface area contributed by atoms with E-state index in [-0.39, 0.29) is 29.5 Å². The van der Waals surface area contributed by atoms with Crippen LogP contribution >= 0.6 is 0 Å². The predicted molar refractivity (Wildman–Crippen MR) is 126 cm³/mol. The highest BCUT2D eigenvalue weighted by Crippen LogP contribution is 2.42. The second-order valence-corrected chi connectivity index (χ2v) is 14.6. The average Bonchev–Trinajstić information content (AvgIpc) is 3.18. The van der Waals surface area contributed by atoms with Crippen molar-refractivity contribution >= 4 is 18.7 Å². The molecule has 2 heterocycles. The van der Waals surface area contributed by atoms with Crippen LogP contribution < -0.4 is 10.4 Å². The molecule has 0 N–H and O–H groups in total. The van der Waals surface area contributed by atoms with Gasteiger partial charge in [-0.3, -0.25) is 0 Å². The van der Waals surface area contributed by atoms with Crippen molar-refractivity contribution in [1.29, 1.82) is 0 Å². The molecule has 0 aliphatic carbocycles. The Morgan fingerprint density at radius 2 is 1.45 bits per heavy atom. The normalized spacial score (nSPS) is 27.9. The van der Waals surface area contributed by atoms with Crippen LogP contribution in [0.1, 0.15) is 48.0 Å². The van der Waals surface area contributed by atoms with Crippen molar-refractivity contribution in [2.24, 2.45) is 5.92 Å². The molecule has 4 nitrogen and oxygen atoms in total. The van der Waals surface area contributed by atoms with Crippen molar-refractivity contribution in [2.45, 2.75) is 77.3 Å². The molecule has 0 spiro atoms. The zero-order valence-corrected chi connectivity index (χ0v) is 20.6. The van der Waals surface area contributed by atoms with E-state index in [1.54, 1.807) is 0 Å². The molecule has 2 aliphatic heterocycles. The quantitative estimate of drug-likeness (QED) is 0.621. The maximum absolute atomic E-state index is 7.02. The zero-order chi connectivity index (χ0) is 22.3. The summed E-state index contributed by atoms with van der Waals surface area (Å²) in [6.45, 7) is 13.7. The molecule has 0 saturated carbocycles. The highest BCUT2D eigenvalue weighted by molar-refractivity contribution is 6.99. The van der Waals surface area contributed by atoms with Crippen LogP contribution in [0.25, 0.3) is 0 Å². The molecule has 5 heteroatoms. The summed E-state index contributed by atoms with van der Waals surface area (Å²) in [4.78, 5) is 0. The molecule has 31 heavy (non-hydrogen) atoms. The van der Waals surface area contributed by atoms with Crippen molar-refractivity contribution in [1.82, 2.24) is 0 Å². The van der Waals surface area contributed by atoms with Crippen LogP contribution in [0.5, 0.6) is 0 Å². The molecular formula is C26H36O4Si. The smallest absolute Gasteiger partial charge is 0.261 e. The maximum Gasteiger partial charge on any atom is 0.261 e. The van der Waals surface area contributed by atoms with Crippen LogP contribution in [0.15, 0.2) is 60.7 Å². The third kappa shape index (κ3) is 4.26. The third-order valence-electron chi connectivity index (χ3n) is 6.64. The number of hydrogen-bond acceptors (Lipinski definition) is 4. The van der Waals surface area contributed by atoms with Gasteiger partial charge in [0, 0.05) is 12.5 Å². The first-order chi connectivity index (χ1) is 14.6. The molecule has 0 unspecified atom stereocenters. The van der Waals surface area contributed by atoms with Crippen LogP contribution in [0.3, 0.4) is 0 Å². The van der Waals surface area contributed by atoms with E-state index in [2.05, 4.69) is 88.4 Å². The molecule has 168 valence electrons. The summed E-state index contributed by atoms with van der Waals surface area (Å²) in [5.41, 5.74) is 0. The molecule has 4 rings (SSSR count). The summed E-state index contributed by atoms with van der Waals surface area (Å²) in [5, 5.41) is 2.59. The summed E-state index contributed by atoms with van der Waals surface area (Å²) in [7, 11) is -2.51. The first-order valence-electron chi connectivity index (χ1n) is 11.4. The fraction of sp³-hybridized carbons (Fsp3) is 0.538. The lowest BCUT2D eigenvalue weighted by Gasteiger charge is -2.43. The number of fused-ring (bicyclic) bond motifs is 1. The Bertz CT molecular complexity index is 822. The van der Waals surface area contributed by atoms with Gasteiger partial charge in [-0.1, -0.05) is 88.4 Å². The van der Waals surface area contributed by atoms with Crippen molar-refractivity contribution in [3.05, 3.63) is 60.7 Å². The van der Waals surface area contributed by atoms with Gasteiger partial charge in [-0.15, -0.1) is 0 Å². The lowest BCUT2D eigenvalue weighted by atomic mass is 9.99. The van der Waals surface area contributed by atoms with Gasteiger partial charge in [-0.2, -0.15) is 0 Å². The summed E-state index contributed by atoms with van der Waals surface area (Å²) < 4.78 is 25.3. The molecular weight excluding hydrogens is 404 g/mol. The largest absolute Gasteiger partial charge is 0.407 e. The lowest BCUT2D eigenvalue weighted by molar-refractivity contribution is -0.210. The van der Waals surface area contributed by atoms with Gasteiger partial charge >= 0.3 is 0 Å². The zero-order valence-electron chi connectivity index (χ0n) is 19.6. The Kier molecular flexibility index (Phi) is 6.18. The summed E-state index contributed by atoms with van der Waals surface area (Å²) in [6, 6.07) is 21.5. The maximum atomic E-state index is 7.02. The van der Waals surface area contributed by atoms with Crippen LogP contribution in [-0.2, 0) is 18.6 Å². The monoisotopic (exact) mass is 440 g/mol. The molecule has 0 amide bonds. The molecule has 0 bridgehead atoms. The highest BCUT2D eigenvalue weighted by atomic mass is 28.4. The van der Waals surface area contributed by atoms with E-state index in [0.717, 1.165) is 6.42 Å². The van der Waals surface area contributed by atoms with Gasteiger partial charge < -0.3 is 18.6 Å². The minimum atomic E-state index is -2.51. The molecule has 0 radical (unpaired) electrons. The first-order valence-corrected chi connectivity index (χ1v) is 13.3. The predicted octanol–water partition coefficient (Wildman–Crippen LogP) is 4.47. The highest BCUT2D eigenvalue weighted by Gasteiger charge is 2.53. The number of hydrogen-bond donors (Lipinski definition) is 0. The van der Waals surface area contributed by atoms with Crippen LogP contribution in [0.2, 0.25) is 5.04 Å². The van der Waals surface area contributed by atoms with E-state index >= 15 is 0 Å². The molecule has 0 aromatic heterocycles. The van der Waals surface area contributed by atoms with E-state index in [1.807, 2.05) is 13.8 Å². The molecule has 2 fully saturated rings. The molecule has 4 atom stereocenters. The second kappa shape index (κ2) is 8.45. The van der Waals surface area contributed by atoms with Crippen LogP contribution in [0.4, 0.5) is 0 Å². The van der Waals surface area contributed by atoms with Gasteiger partial charge in [-0.05, 0) is 35.7 Å². The van der Waals surface area contributed by atoms with E-state index in [9.17, 15) is 0 Å². The minimum absolute atomic E-state index is 0.00661.